The molecule has 80 valence electrons. The first-order valence-corrected chi connectivity index (χ1v) is 4.57. The van der Waals surface area contributed by atoms with Crippen molar-refractivity contribution in [2.24, 2.45) is 0 Å². The molecule has 2 N–H and O–H groups in total. The van der Waals surface area contributed by atoms with E-state index in [-0.39, 0.29) is 11.1 Å². The predicted octanol–water partition coefficient (Wildman–Crippen LogP) is 2.23. The zero-order valence-electron chi connectivity index (χ0n) is 7.90. The normalized spacial score (nSPS) is 12.1. The number of aliphatic carboxylic acids is 1. The third-order valence-corrected chi connectivity index (χ3v) is 2.32. The lowest BCUT2D eigenvalue weighted by atomic mass is 9.96. The van der Waals surface area contributed by atoms with Gasteiger partial charge in [0, 0.05) is 5.02 Å². The fraction of sp³-hybridized carbons (Fsp3) is 0.200. The monoisotopic (exact) mass is 228 g/mol. The van der Waals surface area contributed by atoms with Gasteiger partial charge in [0.05, 0.1) is 11.5 Å². The molecule has 0 aliphatic rings. The van der Waals surface area contributed by atoms with Crippen LogP contribution in [0.1, 0.15) is 28.8 Å². The van der Waals surface area contributed by atoms with Gasteiger partial charge in [0.1, 0.15) is 0 Å². The van der Waals surface area contributed by atoms with E-state index >= 15 is 0 Å². The van der Waals surface area contributed by atoms with Crippen molar-refractivity contribution in [2.75, 3.05) is 0 Å². The van der Waals surface area contributed by atoms with Crippen molar-refractivity contribution in [3.63, 3.8) is 0 Å². The molecule has 0 spiro atoms. The Morgan fingerprint density at radius 3 is 2.40 bits per heavy atom. The van der Waals surface area contributed by atoms with Gasteiger partial charge in [-0.25, -0.2) is 4.79 Å². The van der Waals surface area contributed by atoms with Gasteiger partial charge in [-0.05, 0) is 30.7 Å². The Hall–Kier alpha value is -1.55. The summed E-state index contributed by atoms with van der Waals surface area (Å²) >= 11 is 5.68. The first-order valence-electron chi connectivity index (χ1n) is 4.19. The average molecular weight is 229 g/mol. The smallest absolute Gasteiger partial charge is 0.335 e. The number of benzene rings is 1. The lowest BCUT2D eigenvalue weighted by molar-refractivity contribution is -0.138. The molecule has 0 saturated heterocycles. The zero-order valence-corrected chi connectivity index (χ0v) is 8.65. The molecule has 0 bridgehead atoms. The van der Waals surface area contributed by atoms with E-state index in [9.17, 15) is 9.59 Å². The Kier molecular flexibility index (Phi) is 3.31. The van der Waals surface area contributed by atoms with Crippen LogP contribution in [0.2, 0.25) is 5.02 Å². The van der Waals surface area contributed by atoms with E-state index in [4.69, 9.17) is 21.8 Å². The van der Waals surface area contributed by atoms with Crippen molar-refractivity contribution in [3.05, 3.63) is 34.3 Å². The van der Waals surface area contributed by atoms with E-state index in [0.717, 1.165) is 0 Å². The quantitative estimate of drug-likeness (QED) is 0.832. The third-order valence-electron chi connectivity index (χ3n) is 2.08. The van der Waals surface area contributed by atoms with E-state index in [1.807, 2.05) is 0 Å². The van der Waals surface area contributed by atoms with Crippen molar-refractivity contribution in [3.8, 4) is 0 Å². The van der Waals surface area contributed by atoms with Crippen LogP contribution in [0.15, 0.2) is 18.2 Å². The molecule has 0 radical (unpaired) electrons. The Balaban J connectivity index is 3.30. The SMILES string of the molecule is CC(C(=O)O)c1cc(Cl)ccc1C(=O)O. The summed E-state index contributed by atoms with van der Waals surface area (Å²) in [5.41, 5.74) is 0.178. The number of hydrogen-bond acceptors (Lipinski definition) is 2. The molecule has 5 heteroatoms. The summed E-state index contributed by atoms with van der Waals surface area (Å²) < 4.78 is 0. The largest absolute Gasteiger partial charge is 0.481 e. The van der Waals surface area contributed by atoms with Crippen LogP contribution in [0.4, 0.5) is 0 Å². The molecule has 0 aliphatic carbocycles. The maximum absolute atomic E-state index is 10.8. The van der Waals surface area contributed by atoms with Gasteiger partial charge in [0.2, 0.25) is 0 Å². The van der Waals surface area contributed by atoms with Gasteiger partial charge in [-0.3, -0.25) is 4.79 Å². The zero-order chi connectivity index (χ0) is 11.6. The van der Waals surface area contributed by atoms with Crippen molar-refractivity contribution in [1.82, 2.24) is 0 Å². The first-order chi connectivity index (χ1) is 6.93. The van der Waals surface area contributed by atoms with Crippen LogP contribution in [0.5, 0.6) is 0 Å². The van der Waals surface area contributed by atoms with Crippen LogP contribution in [0, 0.1) is 0 Å². The minimum Gasteiger partial charge on any atom is -0.481 e. The van der Waals surface area contributed by atoms with Crippen LogP contribution < -0.4 is 0 Å². The molecule has 4 nitrogen and oxygen atoms in total. The van der Waals surface area contributed by atoms with Crippen molar-refractivity contribution < 1.29 is 19.8 Å². The van der Waals surface area contributed by atoms with Crippen LogP contribution >= 0.6 is 11.6 Å². The van der Waals surface area contributed by atoms with Crippen LogP contribution in [0.25, 0.3) is 0 Å². The molecular weight excluding hydrogens is 220 g/mol. The highest BCUT2D eigenvalue weighted by atomic mass is 35.5. The van der Waals surface area contributed by atoms with Gasteiger partial charge in [0.15, 0.2) is 0 Å². The molecule has 0 heterocycles. The molecule has 0 saturated carbocycles. The highest BCUT2D eigenvalue weighted by Crippen LogP contribution is 2.24. The molecular formula is C10H9ClO4. The summed E-state index contributed by atoms with van der Waals surface area (Å²) in [6.45, 7) is 1.42. The third kappa shape index (κ3) is 2.47. The van der Waals surface area contributed by atoms with E-state index in [2.05, 4.69) is 0 Å². The van der Waals surface area contributed by atoms with Crippen LogP contribution in [-0.4, -0.2) is 22.2 Å². The highest BCUT2D eigenvalue weighted by molar-refractivity contribution is 6.30. The number of carboxylic acids is 2. The minimum absolute atomic E-state index is 0.0331. The molecule has 0 fully saturated rings. The van der Waals surface area contributed by atoms with E-state index < -0.39 is 17.9 Å². The lowest BCUT2D eigenvalue weighted by Crippen LogP contribution is -2.12. The van der Waals surface area contributed by atoms with E-state index in [1.54, 1.807) is 0 Å². The average Bonchev–Trinajstić information content (AvgIpc) is 2.15. The lowest BCUT2D eigenvalue weighted by Gasteiger charge is -2.10. The molecule has 1 unspecified atom stereocenters. The van der Waals surface area contributed by atoms with Gasteiger partial charge in [-0.15, -0.1) is 0 Å². The van der Waals surface area contributed by atoms with Gasteiger partial charge in [0.25, 0.3) is 0 Å². The second-order valence-corrected chi connectivity index (χ2v) is 3.53. The van der Waals surface area contributed by atoms with Crippen molar-refractivity contribution >= 4 is 23.5 Å². The molecule has 1 aromatic carbocycles. The van der Waals surface area contributed by atoms with Gasteiger partial charge >= 0.3 is 11.9 Å². The Bertz CT molecular complexity index is 414. The fourth-order valence-electron chi connectivity index (χ4n) is 1.22. The van der Waals surface area contributed by atoms with Gasteiger partial charge in [-0.2, -0.15) is 0 Å². The summed E-state index contributed by atoms with van der Waals surface area (Å²) in [5, 5.41) is 18.0. The molecule has 1 atom stereocenters. The summed E-state index contributed by atoms with van der Waals surface area (Å²) in [6, 6.07) is 4.09. The summed E-state index contributed by atoms with van der Waals surface area (Å²) in [5.74, 6) is -3.13. The maximum Gasteiger partial charge on any atom is 0.335 e. The van der Waals surface area contributed by atoms with E-state index in [0.29, 0.717) is 5.02 Å². The number of rotatable bonds is 3. The highest BCUT2D eigenvalue weighted by Gasteiger charge is 2.20. The Morgan fingerprint density at radius 1 is 1.33 bits per heavy atom. The Labute approximate surface area is 91.1 Å². The fourth-order valence-corrected chi connectivity index (χ4v) is 1.40. The number of aromatic carboxylic acids is 1. The van der Waals surface area contributed by atoms with Crippen LogP contribution in [-0.2, 0) is 4.79 Å². The molecule has 0 aliphatic heterocycles. The molecule has 0 aromatic heterocycles. The van der Waals surface area contributed by atoms with Gasteiger partial charge in [-0.1, -0.05) is 11.6 Å². The topological polar surface area (TPSA) is 74.6 Å². The molecule has 0 amide bonds. The predicted molar refractivity (Wildman–Crippen MR) is 54.5 cm³/mol. The standard InChI is InChI=1S/C10H9ClO4/c1-5(9(12)13)8-4-6(11)2-3-7(8)10(14)15/h2-5H,1H3,(H,12,13)(H,14,15). The van der Waals surface area contributed by atoms with Crippen LogP contribution in [0.3, 0.4) is 0 Å². The molecule has 1 aromatic rings. The number of hydrogen-bond donors (Lipinski definition) is 2. The van der Waals surface area contributed by atoms with Gasteiger partial charge < -0.3 is 10.2 Å². The number of halogens is 1. The first kappa shape index (κ1) is 11.5. The Morgan fingerprint density at radius 2 is 1.93 bits per heavy atom. The number of carbonyl (C=O) groups is 2. The summed E-state index contributed by atoms with van der Waals surface area (Å²) in [6.07, 6.45) is 0. The minimum atomic E-state index is -1.16. The van der Waals surface area contributed by atoms with Crippen molar-refractivity contribution in [1.29, 1.82) is 0 Å². The second-order valence-electron chi connectivity index (χ2n) is 3.10. The van der Waals surface area contributed by atoms with Crippen molar-refractivity contribution in [2.45, 2.75) is 12.8 Å². The number of carboxylic acid groups (broad SMARTS) is 2. The molecule has 15 heavy (non-hydrogen) atoms. The maximum atomic E-state index is 10.8. The summed E-state index contributed by atoms with van der Waals surface area (Å²) in [7, 11) is 0. The van der Waals surface area contributed by atoms with E-state index in [1.165, 1.54) is 25.1 Å². The summed E-state index contributed by atoms with van der Waals surface area (Å²) in [4.78, 5) is 21.6. The molecule has 1 rings (SSSR count). The second kappa shape index (κ2) is 4.31.